The summed E-state index contributed by atoms with van der Waals surface area (Å²) in [7, 11) is 3.84. The Morgan fingerprint density at radius 3 is 2.24 bits per heavy atom. The van der Waals surface area contributed by atoms with Crippen LogP contribution in [0.5, 0.6) is 0 Å². The molecule has 0 fully saturated rings. The van der Waals surface area contributed by atoms with E-state index in [0.29, 0.717) is 12.2 Å². The van der Waals surface area contributed by atoms with Crippen LogP contribution in [0.3, 0.4) is 0 Å². The Bertz CT molecular complexity index is 531. The predicted molar refractivity (Wildman–Crippen MR) is 80.6 cm³/mol. The van der Waals surface area contributed by atoms with E-state index in [1.807, 2.05) is 32.8 Å². The van der Waals surface area contributed by atoms with Crippen molar-refractivity contribution in [2.24, 2.45) is 5.92 Å². The minimum Gasteiger partial charge on any atom is -0.375 e. The van der Waals surface area contributed by atoms with Crippen molar-refractivity contribution in [3.05, 3.63) is 38.4 Å². The van der Waals surface area contributed by atoms with Crippen LogP contribution in [0.15, 0.2) is 18.2 Å². The van der Waals surface area contributed by atoms with Crippen LogP contribution >= 0.6 is 0 Å². The Morgan fingerprint density at radius 1 is 1.19 bits per heavy atom. The largest absolute Gasteiger partial charge is 0.375 e. The topological polar surface area (TPSA) is 102 Å². The molecule has 0 saturated carbocycles. The summed E-state index contributed by atoms with van der Waals surface area (Å²) in [6, 6.07) is 3.64. The van der Waals surface area contributed by atoms with Gasteiger partial charge in [-0.15, -0.1) is 0 Å². The van der Waals surface area contributed by atoms with Crippen LogP contribution in [0, 0.1) is 26.1 Å². The third kappa shape index (κ3) is 4.67. The first-order valence-corrected chi connectivity index (χ1v) is 6.56. The standard InChI is InChI=1S/C13H20N4O4/c1-9(2)12(8-15(3)4)14-11-6-5-10(16(18)19)7-13(11)17(20)21/h5-7,9,12,14H,8H2,1-4H3. The molecular weight excluding hydrogens is 276 g/mol. The molecule has 0 radical (unpaired) electrons. The predicted octanol–water partition coefficient (Wildman–Crippen LogP) is 2.50. The maximum atomic E-state index is 11.1. The van der Waals surface area contributed by atoms with Crippen LogP contribution in [0.1, 0.15) is 13.8 Å². The Labute approximate surface area is 123 Å². The molecule has 0 heterocycles. The van der Waals surface area contributed by atoms with E-state index < -0.39 is 9.85 Å². The summed E-state index contributed by atoms with van der Waals surface area (Å²) in [5.41, 5.74) is -0.277. The highest BCUT2D eigenvalue weighted by atomic mass is 16.6. The first kappa shape index (κ1) is 16.8. The Morgan fingerprint density at radius 2 is 1.81 bits per heavy atom. The van der Waals surface area contributed by atoms with Crippen molar-refractivity contribution >= 4 is 17.1 Å². The number of nitrogens with one attached hydrogen (secondary N) is 1. The molecule has 1 atom stereocenters. The molecule has 1 N–H and O–H groups in total. The van der Waals surface area contributed by atoms with Crippen molar-refractivity contribution < 1.29 is 9.85 Å². The van der Waals surface area contributed by atoms with E-state index in [-0.39, 0.29) is 23.3 Å². The molecule has 116 valence electrons. The third-order valence-electron chi connectivity index (χ3n) is 3.10. The van der Waals surface area contributed by atoms with E-state index in [1.54, 1.807) is 0 Å². The number of anilines is 1. The van der Waals surface area contributed by atoms with Gasteiger partial charge in [-0.05, 0) is 26.1 Å². The average molecular weight is 296 g/mol. The van der Waals surface area contributed by atoms with Gasteiger partial charge in [0, 0.05) is 18.7 Å². The first-order chi connectivity index (χ1) is 9.72. The SMILES string of the molecule is CC(C)C(CN(C)C)Nc1ccc([N+](=O)[O-])cc1[N+](=O)[O-]. The van der Waals surface area contributed by atoms with E-state index in [1.165, 1.54) is 12.1 Å². The van der Waals surface area contributed by atoms with Gasteiger partial charge in [0.1, 0.15) is 5.69 Å². The van der Waals surface area contributed by atoms with Gasteiger partial charge < -0.3 is 10.2 Å². The molecule has 8 nitrogen and oxygen atoms in total. The quantitative estimate of drug-likeness (QED) is 0.612. The molecule has 0 spiro atoms. The van der Waals surface area contributed by atoms with Crippen LogP contribution in [-0.2, 0) is 0 Å². The molecule has 0 aliphatic rings. The highest BCUT2D eigenvalue weighted by molar-refractivity contribution is 5.65. The van der Waals surface area contributed by atoms with Gasteiger partial charge in [-0.1, -0.05) is 13.8 Å². The molecule has 1 rings (SSSR count). The Kier molecular flexibility index (Phi) is 5.60. The number of hydrogen-bond donors (Lipinski definition) is 1. The van der Waals surface area contributed by atoms with E-state index >= 15 is 0 Å². The summed E-state index contributed by atoms with van der Waals surface area (Å²) in [6.45, 7) is 4.72. The number of hydrogen-bond acceptors (Lipinski definition) is 6. The highest BCUT2D eigenvalue weighted by Gasteiger charge is 2.23. The zero-order valence-electron chi connectivity index (χ0n) is 12.6. The molecule has 0 bridgehead atoms. The monoisotopic (exact) mass is 296 g/mol. The van der Waals surface area contributed by atoms with Gasteiger partial charge in [0.25, 0.3) is 11.4 Å². The molecule has 8 heteroatoms. The van der Waals surface area contributed by atoms with E-state index in [9.17, 15) is 20.2 Å². The van der Waals surface area contributed by atoms with Crippen LogP contribution in [0.25, 0.3) is 0 Å². The summed E-state index contributed by atoms with van der Waals surface area (Å²) in [4.78, 5) is 22.6. The number of nitro groups is 2. The van der Waals surface area contributed by atoms with Crippen molar-refractivity contribution in [1.82, 2.24) is 4.90 Å². The van der Waals surface area contributed by atoms with Crippen molar-refractivity contribution in [2.45, 2.75) is 19.9 Å². The maximum Gasteiger partial charge on any atom is 0.299 e. The van der Waals surface area contributed by atoms with Crippen molar-refractivity contribution in [2.75, 3.05) is 26.0 Å². The van der Waals surface area contributed by atoms with Gasteiger partial charge in [0.15, 0.2) is 0 Å². The van der Waals surface area contributed by atoms with Crippen molar-refractivity contribution in [1.29, 1.82) is 0 Å². The van der Waals surface area contributed by atoms with E-state index in [4.69, 9.17) is 0 Å². The number of benzene rings is 1. The van der Waals surface area contributed by atoms with E-state index in [0.717, 1.165) is 6.07 Å². The Balaban J connectivity index is 3.11. The molecule has 0 saturated heterocycles. The Hall–Kier alpha value is -2.22. The summed E-state index contributed by atoms with van der Waals surface area (Å²) in [6.07, 6.45) is 0. The summed E-state index contributed by atoms with van der Waals surface area (Å²) < 4.78 is 0. The van der Waals surface area contributed by atoms with Crippen LogP contribution in [-0.4, -0.2) is 41.4 Å². The number of nitrogens with zero attached hydrogens (tertiary/aromatic N) is 3. The second kappa shape index (κ2) is 6.98. The first-order valence-electron chi connectivity index (χ1n) is 6.56. The fourth-order valence-electron chi connectivity index (χ4n) is 1.92. The van der Waals surface area contributed by atoms with Gasteiger partial charge in [0.05, 0.1) is 15.9 Å². The molecule has 0 aliphatic carbocycles. The third-order valence-corrected chi connectivity index (χ3v) is 3.10. The maximum absolute atomic E-state index is 11.1. The number of likely N-dealkylation sites (N-methyl/N-ethyl adjacent to an activating group) is 1. The lowest BCUT2D eigenvalue weighted by Gasteiger charge is -2.26. The van der Waals surface area contributed by atoms with Gasteiger partial charge in [-0.25, -0.2) is 0 Å². The van der Waals surface area contributed by atoms with Crippen molar-refractivity contribution in [3.63, 3.8) is 0 Å². The van der Waals surface area contributed by atoms with Gasteiger partial charge in [-0.2, -0.15) is 0 Å². The molecule has 0 aliphatic heterocycles. The molecule has 1 aromatic rings. The summed E-state index contributed by atoms with van der Waals surface area (Å²) in [5.74, 6) is 0.252. The minimum atomic E-state index is -0.642. The smallest absolute Gasteiger partial charge is 0.299 e. The summed E-state index contributed by atoms with van der Waals surface area (Å²) >= 11 is 0. The number of rotatable bonds is 7. The molecule has 1 unspecified atom stereocenters. The number of non-ortho nitro benzene ring substituents is 1. The second-order valence-corrected chi connectivity index (χ2v) is 5.47. The lowest BCUT2D eigenvalue weighted by molar-refractivity contribution is -0.393. The lowest BCUT2D eigenvalue weighted by atomic mass is 10.0. The zero-order chi connectivity index (χ0) is 16.2. The molecule has 1 aromatic carbocycles. The fraction of sp³-hybridized carbons (Fsp3) is 0.538. The molecule has 21 heavy (non-hydrogen) atoms. The molecule has 0 aromatic heterocycles. The van der Waals surface area contributed by atoms with Gasteiger partial charge in [-0.3, -0.25) is 20.2 Å². The molecule has 0 amide bonds. The van der Waals surface area contributed by atoms with Gasteiger partial charge in [0.2, 0.25) is 0 Å². The minimum absolute atomic E-state index is 0.000145. The van der Waals surface area contributed by atoms with Crippen LogP contribution < -0.4 is 5.32 Å². The van der Waals surface area contributed by atoms with Crippen LogP contribution in [0.4, 0.5) is 17.1 Å². The zero-order valence-corrected chi connectivity index (χ0v) is 12.6. The second-order valence-electron chi connectivity index (χ2n) is 5.47. The number of nitro benzene ring substituents is 2. The van der Waals surface area contributed by atoms with Gasteiger partial charge >= 0.3 is 0 Å². The normalized spacial score (nSPS) is 12.5. The lowest BCUT2D eigenvalue weighted by Crippen LogP contribution is -2.36. The van der Waals surface area contributed by atoms with Crippen molar-refractivity contribution in [3.8, 4) is 0 Å². The fourth-order valence-corrected chi connectivity index (χ4v) is 1.92. The van der Waals surface area contributed by atoms with E-state index in [2.05, 4.69) is 5.32 Å². The molecular formula is C13H20N4O4. The average Bonchev–Trinajstić information content (AvgIpc) is 2.37. The van der Waals surface area contributed by atoms with Crippen LogP contribution in [0.2, 0.25) is 0 Å². The highest BCUT2D eigenvalue weighted by Crippen LogP contribution is 2.30. The summed E-state index contributed by atoms with van der Waals surface area (Å²) in [5, 5.41) is 24.9.